The molecule has 2 N–H and O–H groups in total. The van der Waals surface area contributed by atoms with E-state index in [1.165, 1.54) is 0 Å². The summed E-state index contributed by atoms with van der Waals surface area (Å²) in [5.74, 6) is -1.56. The van der Waals surface area contributed by atoms with E-state index in [0.717, 1.165) is 8.87 Å². The molecule has 0 saturated heterocycles. The molecule has 13 heavy (non-hydrogen) atoms. The van der Waals surface area contributed by atoms with Gasteiger partial charge in [0.05, 0.1) is 0 Å². The molecule has 0 amide bonds. The van der Waals surface area contributed by atoms with E-state index in [9.17, 15) is 9.59 Å². The topological polar surface area (TPSA) is 74.6 Å². The summed E-state index contributed by atoms with van der Waals surface area (Å²) < 4.78 is 1.47. The number of hydrogen-bond donors (Lipinski definition) is 2. The van der Waals surface area contributed by atoms with E-state index in [1.54, 1.807) is 0 Å². The molecule has 0 atom stereocenters. The zero-order valence-corrected chi connectivity index (χ0v) is 10.9. The Balaban J connectivity index is 3.79. The molecule has 0 unspecified atom stereocenters. The van der Waals surface area contributed by atoms with E-state index in [-0.39, 0.29) is 12.8 Å². The SMILES string of the molecule is [CH3][Sn]([CH3])([CH2]CC(=O)O)[CH2]CC(=O)O. The van der Waals surface area contributed by atoms with Gasteiger partial charge in [0.2, 0.25) is 0 Å². The molecular weight excluding hydrogens is 279 g/mol. The molecule has 0 radical (unpaired) electrons. The van der Waals surface area contributed by atoms with Crippen molar-refractivity contribution in [1.82, 2.24) is 0 Å². The van der Waals surface area contributed by atoms with Gasteiger partial charge in [-0.05, 0) is 0 Å². The Kier molecular flexibility index (Phi) is 5.36. The minimum absolute atomic E-state index is 0.197. The van der Waals surface area contributed by atoms with Crippen molar-refractivity contribution in [3.05, 3.63) is 0 Å². The summed E-state index contributed by atoms with van der Waals surface area (Å²) in [6.07, 6.45) is 0.394. The third-order valence-corrected chi connectivity index (χ3v) is 11.2. The molecule has 76 valence electrons. The van der Waals surface area contributed by atoms with Gasteiger partial charge in [0.25, 0.3) is 0 Å². The van der Waals surface area contributed by atoms with Crippen LogP contribution in [0.1, 0.15) is 12.8 Å². The van der Waals surface area contributed by atoms with Gasteiger partial charge < -0.3 is 0 Å². The molecule has 0 bridgehead atoms. The van der Waals surface area contributed by atoms with Crippen molar-refractivity contribution in [3.63, 3.8) is 0 Å². The second-order valence-corrected chi connectivity index (χ2v) is 19.2. The van der Waals surface area contributed by atoms with Crippen LogP contribution in [0, 0.1) is 0 Å². The number of rotatable bonds is 6. The number of carboxylic acid groups (broad SMARTS) is 2. The van der Waals surface area contributed by atoms with Gasteiger partial charge in [-0.2, -0.15) is 0 Å². The maximum absolute atomic E-state index is 10.3. The molecule has 0 aliphatic rings. The van der Waals surface area contributed by atoms with Gasteiger partial charge in [0, 0.05) is 0 Å². The fourth-order valence-electron chi connectivity index (χ4n) is 1.02. The molecule has 0 aliphatic heterocycles. The Morgan fingerprint density at radius 2 is 1.31 bits per heavy atom. The summed E-state index contributed by atoms with van der Waals surface area (Å²) in [5, 5.41) is 16.9. The summed E-state index contributed by atoms with van der Waals surface area (Å²) in [7, 11) is 0. The molecule has 5 heteroatoms. The van der Waals surface area contributed by atoms with Gasteiger partial charge in [0.15, 0.2) is 0 Å². The van der Waals surface area contributed by atoms with E-state index >= 15 is 0 Å². The average Bonchev–Trinajstić information content (AvgIpc) is 1.98. The number of aliphatic carboxylic acids is 2. The maximum atomic E-state index is 10.3. The summed E-state index contributed by atoms with van der Waals surface area (Å²) in [6, 6.07) is 0. The summed E-state index contributed by atoms with van der Waals surface area (Å²) in [6.45, 7) is 0. The molecule has 0 spiro atoms. The first-order valence-corrected chi connectivity index (χ1v) is 14.0. The van der Waals surface area contributed by atoms with Crippen LogP contribution in [0.4, 0.5) is 0 Å². The Bertz CT molecular complexity index is 180. The third kappa shape index (κ3) is 8.08. The van der Waals surface area contributed by atoms with E-state index in [4.69, 9.17) is 10.2 Å². The Labute approximate surface area is 81.8 Å². The van der Waals surface area contributed by atoms with Crippen LogP contribution < -0.4 is 0 Å². The molecule has 0 heterocycles. The van der Waals surface area contributed by atoms with E-state index in [0.29, 0.717) is 0 Å². The molecule has 0 saturated carbocycles. The van der Waals surface area contributed by atoms with Crippen molar-refractivity contribution in [1.29, 1.82) is 0 Å². The molecular formula is C8H16O4Sn. The van der Waals surface area contributed by atoms with E-state index in [1.807, 2.05) is 0 Å². The van der Waals surface area contributed by atoms with Gasteiger partial charge in [-0.1, -0.05) is 0 Å². The quantitative estimate of drug-likeness (QED) is 0.731. The van der Waals surface area contributed by atoms with Crippen LogP contribution in [-0.4, -0.2) is 40.5 Å². The van der Waals surface area contributed by atoms with Crippen molar-refractivity contribution < 1.29 is 19.8 Å². The molecule has 0 aromatic heterocycles. The van der Waals surface area contributed by atoms with Gasteiger partial charge >= 0.3 is 81.7 Å². The van der Waals surface area contributed by atoms with Gasteiger partial charge in [0.1, 0.15) is 0 Å². The second-order valence-electron chi connectivity index (χ2n) is 3.95. The number of hydrogen-bond acceptors (Lipinski definition) is 2. The Hall–Kier alpha value is -0.261. The van der Waals surface area contributed by atoms with Gasteiger partial charge in [-0.3, -0.25) is 0 Å². The summed E-state index contributed by atoms with van der Waals surface area (Å²) >= 11 is -2.30. The first-order chi connectivity index (χ1) is 5.83. The van der Waals surface area contributed by atoms with Crippen LogP contribution in [-0.2, 0) is 9.59 Å². The molecule has 0 fully saturated rings. The van der Waals surface area contributed by atoms with Crippen molar-refractivity contribution in [3.8, 4) is 0 Å². The number of carbonyl (C=O) groups is 2. The average molecular weight is 295 g/mol. The first kappa shape index (κ1) is 12.7. The van der Waals surface area contributed by atoms with Crippen LogP contribution in [0.25, 0.3) is 0 Å². The normalized spacial score (nSPS) is 11.2. The fraction of sp³-hybridized carbons (Fsp3) is 0.750. The molecule has 0 aliphatic carbocycles. The summed E-state index contributed by atoms with van der Waals surface area (Å²) in [5.41, 5.74) is 0. The second kappa shape index (κ2) is 5.46. The number of carboxylic acids is 2. The van der Waals surface area contributed by atoms with E-state index in [2.05, 4.69) is 9.88 Å². The Morgan fingerprint density at radius 1 is 1.00 bits per heavy atom. The zero-order valence-electron chi connectivity index (χ0n) is 8.04. The van der Waals surface area contributed by atoms with Crippen LogP contribution >= 0.6 is 0 Å². The standard InChI is InChI=1S/2C3H5O2.2CH3.Sn/c2*1-2-3(4)5;;;/h2*1-2H2,(H,4,5);2*1H3;. The predicted octanol–water partition coefficient (Wildman–Crippen LogP) is 1.64. The van der Waals surface area contributed by atoms with Crippen LogP contribution in [0.15, 0.2) is 0 Å². The van der Waals surface area contributed by atoms with Crippen molar-refractivity contribution in [2.75, 3.05) is 0 Å². The minimum atomic E-state index is -2.30. The van der Waals surface area contributed by atoms with Crippen molar-refractivity contribution >= 4 is 30.3 Å². The first-order valence-electron chi connectivity index (χ1n) is 4.27. The van der Waals surface area contributed by atoms with E-state index < -0.39 is 30.3 Å². The monoisotopic (exact) mass is 296 g/mol. The van der Waals surface area contributed by atoms with Gasteiger partial charge in [-0.25, -0.2) is 0 Å². The van der Waals surface area contributed by atoms with Crippen LogP contribution in [0.5, 0.6) is 0 Å². The van der Waals surface area contributed by atoms with Crippen molar-refractivity contribution in [2.45, 2.75) is 31.6 Å². The predicted molar refractivity (Wildman–Crippen MR) is 51.6 cm³/mol. The molecule has 4 nitrogen and oxygen atoms in total. The molecule has 0 aromatic carbocycles. The zero-order chi connectivity index (χ0) is 10.5. The Morgan fingerprint density at radius 3 is 1.54 bits per heavy atom. The summed E-state index contributed by atoms with van der Waals surface area (Å²) in [4.78, 5) is 24.8. The van der Waals surface area contributed by atoms with Crippen LogP contribution in [0.2, 0.25) is 18.8 Å². The van der Waals surface area contributed by atoms with Crippen LogP contribution in [0.3, 0.4) is 0 Å². The van der Waals surface area contributed by atoms with Gasteiger partial charge in [-0.15, -0.1) is 0 Å². The van der Waals surface area contributed by atoms with Crippen molar-refractivity contribution in [2.24, 2.45) is 0 Å². The third-order valence-electron chi connectivity index (χ3n) is 2.03. The fourth-order valence-corrected chi connectivity index (χ4v) is 6.81. The molecule has 0 aromatic rings. The molecule has 0 rings (SSSR count).